The summed E-state index contributed by atoms with van der Waals surface area (Å²) in [5.41, 5.74) is 2.15. The van der Waals surface area contributed by atoms with E-state index < -0.39 is 10.0 Å². The lowest BCUT2D eigenvalue weighted by molar-refractivity contribution is 0.174. The van der Waals surface area contributed by atoms with Crippen LogP contribution in [-0.4, -0.2) is 45.7 Å². The van der Waals surface area contributed by atoms with E-state index in [1.54, 1.807) is 16.4 Å². The molecular formula is C21H26N2O4S. The summed E-state index contributed by atoms with van der Waals surface area (Å²) in [7, 11) is -3.48. The molecule has 2 aliphatic rings. The van der Waals surface area contributed by atoms with E-state index in [0.717, 1.165) is 22.7 Å². The van der Waals surface area contributed by atoms with Gasteiger partial charge in [0, 0.05) is 37.9 Å². The molecule has 28 heavy (non-hydrogen) atoms. The monoisotopic (exact) mass is 402 g/mol. The predicted molar refractivity (Wildman–Crippen MR) is 109 cm³/mol. The molecule has 2 aliphatic heterocycles. The molecule has 0 bridgehead atoms. The minimum atomic E-state index is -3.48. The van der Waals surface area contributed by atoms with E-state index >= 15 is 0 Å². The van der Waals surface area contributed by atoms with Crippen molar-refractivity contribution in [2.45, 2.75) is 31.1 Å². The highest BCUT2D eigenvalue weighted by atomic mass is 32.2. The van der Waals surface area contributed by atoms with E-state index in [1.807, 2.05) is 30.3 Å². The van der Waals surface area contributed by atoms with Gasteiger partial charge in [-0.1, -0.05) is 32.9 Å². The first-order valence-corrected chi connectivity index (χ1v) is 10.9. The number of benzene rings is 2. The van der Waals surface area contributed by atoms with E-state index in [-0.39, 0.29) is 12.2 Å². The Kier molecular flexibility index (Phi) is 4.75. The first kappa shape index (κ1) is 19.1. The highest BCUT2D eigenvalue weighted by Crippen LogP contribution is 2.36. The zero-order valence-corrected chi connectivity index (χ0v) is 17.3. The summed E-state index contributed by atoms with van der Waals surface area (Å²) in [5.74, 6) is 1.50. The fourth-order valence-corrected chi connectivity index (χ4v) is 4.97. The Morgan fingerprint density at radius 1 is 0.857 bits per heavy atom. The summed E-state index contributed by atoms with van der Waals surface area (Å²) < 4.78 is 38.4. The highest BCUT2D eigenvalue weighted by Gasteiger charge is 2.29. The Balaban J connectivity index is 1.45. The molecule has 0 unspecified atom stereocenters. The van der Waals surface area contributed by atoms with Gasteiger partial charge in [0.15, 0.2) is 11.5 Å². The normalized spacial score (nSPS) is 17.8. The van der Waals surface area contributed by atoms with Crippen molar-refractivity contribution in [2.75, 3.05) is 37.9 Å². The van der Waals surface area contributed by atoms with Crippen molar-refractivity contribution in [3.63, 3.8) is 0 Å². The van der Waals surface area contributed by atoms with Crippen LogP contribution < -0.4 is 14.4 Å². The average molecular weight is 403 g/mol. The number of hydrogen-bond donors (Lipinski definition) is 0. The van der Waals surface area contributed by atoms with Crippen LogP contribution in [0, 0.1) is 0 Å². The summed E-state index contributed by atoms with van der Waals surface area (Å²) in [6, 6.07) is 13.1. The van der Waals surface area contributed by atoms with E-state index in [1.165, 1.54) is 0 Å². The van der Waals surface area contributed by atoms with Gasteiger partial charge in [-0.3, -0.25) is 0 Å². The number of ether oxygens (including phenoxy) is 2. The number of piperazine rings is 1. The van der Waals surface area contributed by atoms with Crippen LogP contribution in [0.25, 0.3) is 0 Å². The van der Waals surface area contributed by atoms with E-state index in [2.05, 4.69) is 25.7 Å². The van der Waals surface area contributed by atoms with E-state index in [9.17, 15) is 8.42 Å². The van der Waals surface area contributed by atoms with Crippen LogP contribution >= 0.6 is 0 Å². The third-order valence-electron chi connectivity index (χ3n) is 5.32. The predicted octanol–water partition coefficient (Wildman–Crippen LogP) is 3.22. The molecule has 2 heterocycles. The van der Waals surface area contributed by atoms with Gasteiger partial charge >= 0.3 is 0 Å². The number of anilines is 1. The Hall–Kier alpha value is -2.25. The van der Waals surface area contributed by atoms with Crippen molar-refractivity contribution >= 4 is 15.7 Å². The summed E-state index contributed by atoms with van der Waals surface area (Å²) in [6.07, 6.45) is 0. The van der Waals surface area contributed by atoms with Gasteiger partial charge < -0.3 is 14.4 Å². The lowest BCUT2D eigenvalue weighted by atomic mass is 9.87. The van der Waals surface area contributed by atoms with Crippen molar-refractivity contribution in [2.24, 2.45) is 0 Å². The molecule has 6 nitrogen and oxygen atoms in total. The molecule has 150 valence electrons. The molecule has 0 N–H and O–H groups in total. The molecule has 0 saturated carbocycles. The Bertz CT molecular complexity index is 957. The molecule has 0 aromatic heterocycles. The second-order valence-electron chi connectivity index (χ2n) is 8.20. The first-order valence-electron chi connectivity index (χ1n) is 9.50. The molecule has 0 amide bonds. The van der Waals surface area contributed by atoms with Gasteiger partial charge in [0.25, 0.3) is 0 Å². The maximum Gasteiger partial charge on any atom is 0.243 e. The van der Waals surface area contributed by atoms with Gasteiger partial charge in [-0.25, -0.2) is 8.42 Å². The fourth-order valence-electron chi connectivity index (χ4n) is 3.54. The Labute approximate surface area is 166 Å². The van der Waals surface area contributed by atoms with Crippen LogP contribution in [0.3, 0.4) is 0 Å². The fraction of sp³-hybridized carbons (Fsp3) is 0.429. The van der Waals surface area contributed by atoms with Gasteiger partial charge in [0.1, 0.15) is 0 Å². The first-order chi connectivity index (χ1) is 13.2. The van der Waals surface area contributed by atoms with Crippen LogP contribution in [0.5, 0.6) is 11.5 Å². The highest BCUT2D eigenvalue weighted by molar-refractivity contribution is 7.89. The number of rotatable bonds is 3. The molecule has 1 saturated heterocycles. The minimum absolute atomic E-state index is 0.00146. The van der Waals surface area contributed by atoms with Crippen molar-refractivity contribution in [3.8, 4) is 11.5 Å². The number of hydrogen-bond acceptors (Lipinski definition) is 5. The maximum absolute atomic E-state index is 13.0. The molecular weight excluding hydrogens is 376 g/mol. The molecule has 0 spiro atoms. The molecule has 0 aliphatic carbocycles. The van der Waals surface area contributed by atoms with Gasteiger partial charge in [-0.15, -0.1) is 0 Å². The van der Waals surface area contributed by atoms with Crippen LogP contribution in [0.4, 0.5) is 5.69 Å². The number of sulfonamides is 1. The number of fused-ring (bicyclic) bond motifs is 1. The molecule has 0 atom stereocenters. The third-order valence-corrected chi connectivity index (χ3v) is 7.23. The summed E-state index contributed by atoms with van der Waals surface area (Å²) >= 11 is 0. The van der Waals surface area contributed by atoms with Gasteiger partial charge in [-0.05, 0) is 35.2 Å². The van der Waals surface area contributed by atoms with Crippen molar-refractivity contribution in [3.05, 3.63) is 48.0 Å². The molecule has 0 radical (unpaired) electrons. The molecule has 2 aromatic rings. The zero-order chi connectivity index (χ0) is 19.9. The largest absolute Gasteiger partial charge is 0.454 e. The second kappa shape index (κ2) is 6.97. The molecule has 7 heteroatoms. The molecule has 2 aromatic carbocycles. The zero-order valence-electron chi connectivity index (χ0n) is 16.5. The SMILES string of the molecule is CC(C)(C)c1ccc(S(=O)(=O)N2CCN(c3ccc4c(c3)OCO4)CC2)cc1. The van der Waals surface area contributed by atoms with Gasteiger partial charge in [0.2, 0.25) is 16.8 Å². The second-order valence-corrected chi connectivity index (χ2v) is 10.1. The Morgan fingerprint density at radius 2 is 1.50 bits per heavy atom. The Morgan fingerprint density at radius 3 is 2.14 bits per heavy atom. The standard InChI is InChI=1S/C21H26N2O4S/c1-21(2,3)16-4-7-18(8-5-16)28(24,25)23-12-10-22(11-13-23)17-6-9-19-20(14-17)27-15-26-19/h4-9,14H,10-13,15H2,1-3H3. The van der Waals surface area contributed by atoms with E-state index in [4.69, 9.17) is 9.47 Å². The summed E-state index contributed by atoms with van der Waals surface area (Å²) in [6.45, 7) is 8.79. The van der Waals surface area contributed by atoms with E-state index in [0.29, 0.717) is 31.1 Å². The van der Waals surface area contributed by atoms with Crippen LogP contribution in [0.2, 0.25) is 0 Å². The third kappa shape index (κ3) is 3.56. The van der Waals surface area contributed by atoms with Crippen LogP contribution in [0.15, 0.2) is 47.4 Å². The molecule has 1 fully saturated rings. The van der Waals surface area contributed by atoms with Crippen LogP contribution in [-0.2, 0) is 15.4 Å². The average Bonchev–Trinajstić information content (AvgIpc) is 3.15. The molecule has 4 rings (SSSR count). The number of nitrogens with zero attached hydrogens (tertiary/aromatic N) is 2. The quantitative estimate of drug-likeness (QED) is 0.789. The maximum atomic E-state index is 13.0. The van der Waals surface area contributed by atoms with Crippen molar-refractivity contribution < 1.29 is 17.9 Å². The topological polar surface area (TPSA) is 59.1 Å². The van der Waals surface area contributed by atoms with Crippen molar-refractivity contribution in [1.29, 1.82) is 0 Å². The minimum Gasteiger partial charge on any atom is -0.454 e. The van der Waals surface area contributed by atoms with Crippen molar-refractivity contribution in [1.82, 2.24) is 4.31 Å². The lowest BCUT2D eigenvalue weighted by Gasteiger charge is -2.35. The smallest absolute Gasteiger partial charge is 0.243 e. The lowest BCUT2D eigenvalue weighted by Crippen LogP contribution is -2.48. The van der Waals surface area contributed by atoms with Gasteiger partial charge in [-0.2, -0.15) is 4.31 Å². The summed E-state index contributed by atoms with van der Waals surface area (Å²) in [4.78, 5) is 2.54. The van der Waals surface area contributed by atoms with Crippen LogP contribution in [0.1, 0.15) is 26.3 Å². The van der Waals surface area contributed by atoms with Gasteiger partial charge in [0.05, 0.1) is 4.90 Å². The summed E-state index contributed by atoms with van der Waals surface area (Å²) in [5, 5.41) is 0.